The van der Waals surface area contributed by atoms with E-state index >= 15 is 0 Å². The molecule has 1 spiro atoms. The number of carboxylic acid groups (broad SMARTS) is 1. The van der Waals surface area contributed by atoms with Crippen molar-refractivity contribution >= 4 is 12.0 Å². The molecule has 0 aromatic carbocycles. The minimum absolute atomic E-state index is 0.0438. The average molecular weight is 340 g/mol. The molecule has 0 aromatic rings. The van der Waals surface area contributed by atoms with Gasteiger partial charge in [0, 0.05) is 26.3 Å². The third kappa shape index (κ3) is 3.11. The van der Waals surface area contributed by atoms with Crippen molar-refractivity contribution in [1.82, 2.24) is 10.2 Å². The van der Waals surface area contributed by atoms with E-state index in [1.54, 1.807) is 4.90 Å². The Balaban J connectivity index is 1.61. The summed E-state index contributed by atoms with van der Waals surface area (Å²) in [6, 6.07) is -0.229. The van der Waals surface area contributed by atoms with Crippen LogP contribution in [0.4, 0.5) is 4.79 Å². The lowest BCUT2D eigenvalue weighted by Crippen LogP contribution is -2.71. The maximum absolute atomic E-state index is 12.6. The third-order valence-corrected chi connectivity index (χ3v) is 5.63. The molecule has 5 unspecified atom stereocenters. The summed E-state index contributed by atoms with van der Waals surface area (Å²) in [6.07, 6.45) is 3.31. The molecule has 24 heavy (non-hydrogen) atoms. The van der Waals surface area contributed by atoms with Crippen molar-refractivity contribution in [2.24, 2.45) is 11.8 Å². The van der Waals surface area contributed by atoms with Crippen LogP contribution in [0.5, 0.6) is 0 Å². The number of ether oxygens (including phenoxy) is 2. The van der Waals surface area contributed by atoms with Gasteiger partial charge < -0.3 is 24.8 Å². The zero-order chi connectivity index (χ0) is 17.3. The molecule has 0 bridgehead atoms. The number of urea groups is 1. The molecule has 2 N–H and O–H groups in total. The smallest absolute Gasteiger partial charge is 0.317 e. The van der Waals surface area contributed by atoms with E-state index in [-0.39, 0.29) is 36.2 Å². The van der Waals surface area contributed by atoms with Gasteiger partial charge in [-0.25, -0.2) is 4.79 Å². The molecule has 3 rings (SSSR count). The maximum Gasteiger partial charge on any atom is 0.317 e. The van der Waals surface area contributed by atoms with Crippen LogP contribution in [0.25, 0.3) is 0 Å². The Morgan fingerprint density at radius 2 is 2.17 bits per heavy atom. The van der Waals surface area contributed by atoms with Crippen molar-refractivity contribution < 1.29 is 24.2 Å². The van der Waals surface area contributed by atoms with E-state index < -0.39 is 11.9 Å². The molecule has 5 atom stereocenters. The Labute approximate surface area is 142 Å². The summed E-state index contributed by atoms with van der Waals surface area (Å²) in [5.41, 5.74) is -0.390. The predicted molar refractivity (Wildman–Crippen MR) is 86.7 cm³/mol. The Bertz CT molecular complexity index is 491. The normalized spacial score (nSPS) is 38.8. The van der Waals surface area contributed by atoms with E-state index in [0.29, 0.717) is 26.2 Å². The number of likely N-dealkylation sites (tertiary alicyclic amines) is 1. The van der Waals surface area contributed by atoms with Crippen LogP contribution in [-0.4, -0.2) is 66.1 Å². The molecule has 2 heterocycles. The number of nitrogens with zero attached hydrogens (tertiary/aromatic N) is 1. The number of amides is 2. The van der Waals surface area contributed by atoms with E-state index in [0.717, 1.165) is 19.3 Å². The van der Waals surface area contributed by atoms with Crippen LogP contribution < -0.4 is 5.32 Å². The van der Waals surface area contributed by atoms with E-state index in [2.05, 4.69) is 5.32 Å². The molecule has 2 saturated heterocycles. The van der Waals surface area contributed by atoms with E-state index in [1.807, 2.05) is 13.8 Å². The molecule has 7 heteroatoms. The monoisotopic (exact) mass is 340 g/mol. The van der Waals surface area contributed by atoms with Gasteiger partial charge in [-0.15, -0.1) is 0 Å². The van der Waals surface area contributed by atoms with Gasteiger partial charge in [-0.2, -0.15) is 0 Å². The van der Waals surface area contributed by atoms with E-state index in [9.17, 15) is 14.7 Å². The zero-order valence-electron chi connectivity index (χ0n) is 14.5. The van der Waals surface area contributed by atoms with Gasteiger partial charge in [0.2, 0.25) is 0 Å². The summed E-state index contributed by atoms with van der Waals surface area (Å²) < 4.78 is 11.7. The minimum Gasteiger partial charge on any atom is -0.481 e. The van der Waals surface area contributed by atoms with Crippen molar-refractivity contribution in [3.63, 3.8) is 0 Å². The van der Waals surface area contributed by atoms with Gasteiger partial charge in [0.15, 0.2) is 0 Å². The quantitative estimate of drug-likeness (QED) is 0.809. The topological polar surface area (TPSA) is 88.1 Å². The summed E-state index contributed by atoms with van der Waals surface area (Å²) in [7, 11) is 0. The highest BCUT2D eigenvalue weighted by atomic mass is 16.6. The molecule has 3 fully saturated rings. The van der Waals surface area contributed by atoms with Crippen LogP contribution in [0.15, 0.2) is 0 Å². The highest BCUT2D eigenvalue weighted by Gasteiger charge is 2.59. The standard InChI is InChI=1S/C17H28N2O5/c1-3-23-14-8-13(17(14)5-4-6-24-17)18-16(22)19-9-11(2)7-12(10-19)15(20)21/h11-14H,3-10H2,1-2H3,(H,18,22)(H,20,21). The minimum atomic E-state index is -0.824. The summed E-state index contributed by atoms with van der Waals surface area (Å²) in [6.45, 7) is 6.19. The molecule has 2 amide bonds. The molecule has 3 aliphatic rings. The molecule has 2 aliphatic heterocycles. The number of rotatable bonds is 4. The van der Waals surface area contributed by atoms with Crippen LogP contribution >= 0.6 is 0 Å². The van der Waals surface area contributed by atoms with E-state index in [4.69, 9.17) is 9.47 Å². The van der Waals surface area contributed by atoms with Crippen molar-refractivity contribution in [1.29, 1.82) is 0 Å². The first-order valence-corrected chi connectivity index (χ1v) is 9.00. The highest BCUT2D eigenvalue weighted by Crippen LogP contribution is 2.45. The fourth-order valence-electron chi connectivity index (χ4n) is 4.42. The highest BCUT2D eigenvalue weighted by molar-refractivity contribution is 5.77. The lowest BCUT2D eigenvalue weighted by molar-refractivity contribution is -0.195. The van der Waals surface area contributed by atoms with Crippen LogP contribution in [0, 0.1) is 11.8 Å². The fraction of sp³-hybridized carbons (Fsp3) is 0.882. The first-order valence-electron chi connectivity index (χ1n) is 9.00. The number of nitrogens with one attached hydrogen (secondary N) is 1. The van der Waals surface area contributed by atoms with Crippen molar-refractivity contribution in [3.05, 3.63) is 0 Å². The van der Waals surface area contributed by atoms with Gasteiger partial charge in [0.1, 0.15) is 5.60 Å². The van der Waals surface area contributed by atoms with Crippen molar-refractivity contribution in [2.45, 2.75) is 57.3 Å². The second-order valence-corrected chi connectivity index (χ2v) is 7.37. The number of carbonyl (C=O) groups excluding carboxylic acids is 1. The Morgan fingerprint density at radius 1 is 1.38 bits per heavy atom. The SMILES string of the molecule is CCOC1CC(NC(=O)N2CC(C)CC(C(=O)O)C2)C12CCCO2. The van der Waals surface area contributed by atoms with Crippen LogP contribution in [0.3, 0.4) is 0 Å². The summed E-state index contributed by atoms with van der Waals surface area (Å²) in [4.78, 5) is 25.6. The number of aliphatic carboxylic acids is 1. The number of carboxylic acids is 1. The first-order chi connectivity index (χ1) is 11.5. The largest absolute Gasteiger partial charge is 0.481 e. The number of hydrogen-bond acceptors (Lipinski definition) is 4. The van der Waals surface area contributed by atoms with Gasteiger partial charge in [0.05, 0.1) is 18.1 Å². The predicted octanol–water partition coefficient (Wildman–Crippen LogP) is 1.47. The second kappa shape index (κ2) is 6.88. The molecule has 0 radical (unpaired) electrons. The number of piperidine rings is 1. The Kier molecular flexibility index (Phi) is 5.01. The Hall–Kier alpha value is -1.34. The van der Waals surface area contributed by atoms with Gasteiger partial charge >= 0.3 is 12.0 Å². The maximum atomic E-state index is 12.6. The van der Waals surface area contributed by atoms with Crippen LogP contribution in [0.1, 0.15) is 39.5 Å². The molecule has 1 aliphatic carbocycles. The van der Waals surface area contributed by atoms with Crippen LogP contribution in [-0.2, 0) is 14.3 Å². The van der Waals surface area contributed by atoms with E-state index in [1.165, 1.54) is 0 Å². The molecule has 1 saturated carbocycles. The summed E-state index contributed by atoms with van der Waals surface area (Å²) in [5.74, 6) is -1.11. The number of hydrogen-bond donors (Lipinski definition) is 2. The van der Waals surface area contributed by atoms with Gasteiger partial charge in [-0.05, 0) is 38.5 Å². The lowest BCUT2D eigenvalue weighted by Gasteiger charge is -2.53. The Morgan fingerprint density at radius 3 is 2.79 bits per heavy atom. The zero-order valence-corrected chi connectivity index (χ0v) is 14.5. The molecule has 7 nitrogen and oxygen atoms in total. The third-order valence-electron chi connectivity index (χ3n) is 5.63. The number of carbonyl (C=O) groups is 2. The molecular weight excluding hydrogens is 312 g/mol. The van der Waals surface area contributed by atoms with Crippen molar-refractivity contribution in [2.75, 3.05) is 26.3 Å². The molecule has 0 aromatic heterocycles. The fourth-order valence-corrected chi connectivity index (χ4v) is 4.42. The first kappa shape index (κ1) is 17.5. The van der Waals surface area contributed by atoms with Gasteiger partial charge in [0.25, 0.3) is 0 Å². The second-order valence-electron chi connectivity index (χ2n) is 7.37. The molecule has 136 valence electrons. The average Bonchev–Trinajstić information content (AvgIpc) is 3.06. The van der Waals surface area contributed by atoms with Gasteiger partial charge in [-0.1, -0.05) is 6.92 Å². The molecular formula is C17H28N2O5. The van der Waals surface area contributed by atoms with Crippen LogP contribution in [0.2, 0.25) is 0 Å². The lowest BCUT2D eigenvalue weighted by atomic mass is 9.70. The summed E-state index contributed by atoms with van der Waals surface area (Å²) in [5, 5.41) is 12.3. The van der Waals surface area contributed by atoms with Gasteiger partial charge in [-0.3, -0.25) is 4.79 Å². The van der Waals surface area contributed by atoms with Crippen molar-refractivity contribution in [3.8, 4) is 0 Å². The summed E-state index contributed by atoms with van der Waals surface area (Å²) >= 11 is 0.